The zero-order valence-electron chi connectivity index (χ0n) is 12.6. The first-order valence-electron chi connectivity index (χ1n) is 7.41. The maximum atomic E-state index is 12.3. The summed E-state index contributed by atoms with van der Waals surface area (Å²) in [6.45, 7) is 4.87. The molecule has 0 unspecified atom stereocenters. The molecule has 23 heavy (non-hydrogen) atoms. The number of rotatable bonds is 3. The van der Waals surface area contributed by atoms with E-state index >= 15 is 0 Å². The minimum Gasteiger partial charge on any atom is -0.368 e. The van der Waals surface area contributed by atoms with Gasteiger partial charge in [0.25, 0.3) is 5.56 Å². The predicted molar refractivity (Wildman–Crippen MR) is 90.2 cm³/mol. The summed E-state index contributed by atoms with van der Waals surface area (Å²) >= 11 is 3.12. The molecule has 3 aromatic rings. The van der Waals surface area contributed by atoms with E-state index in [-0.39, 0.29) is 11.7 Å². The largest absolute Gasteiger partial charge is 0.368 e. The summed E-state index contributed by atoms with van der Waals surface area (Å²) in [6.07, 6.45) is 1.82. The first-order valence-corrected chi connectivity index (χ1v) is 9.17. The van der Waals surface area contributed by atoms with Crippen molar-refractivity contribution in [3.8, 4) is 0 Å². The molecule has 1 aliphatic rings. The van der Waals surface area contributed by atoms with E-state index in [0.717, 1.165) is 34.4 Å². The first-order chi connectivity index (χ1) is 11.2. The molecule has 0 N–H and O–H groups in total. The van der Waals surface area contributed by atoms with Crippen LogP contribution in [0.4, 0.5) is 0 Å². The second-order valence-electron chi connectivity index (χ2n) is 5.55. The molecule has 0 radical (unpaired) electrons. The fourth-order valence-electron chi connectivity index (χ4n) is 2.80. The molecule has 1 fully saturated rings. The van der Waals surface area contributed by atoms with Crippen molar-refractivity contribution < 1.29 is 4.74 Å². The molecule has 120 valence electrons. The molecular formula is C15H16N4O2S2. The van der Waals surface area contributed by atoms with Gasteiger partial charge in [0, 0.05) is 48.4 Å². The highest BCUT2D eigenvalue weighted by molar-refractivity contribution is 7.15. The fourth-order valence-corrected chi connectivity index (χ4v) is 4.37. The van der Waals surface area contributed by atoms with Crippen molar-refractivity contribution >= 4 is 27.6 Å². The van der Waals surface area contributed by atoms with Gasteiger partial charge in [-0.2, -0.15) is 0 Å². The summed E-state index contributed by atoms with van der Waals surface area (Å²) in [5.41, 5.74) is 1.74. The maximum absolute atomic E-state index is 12.3. The van der Waals surface area contributed by atoms with Crippen LogP contribution in [0.1, 0.15) is 22.5 Å². The van der Waals surface area contributed by atoms with Gasteiger partial charge in [-0.25, -0.2) is 9.97 Å². The van der Waals surface area contributed by atoms with Crippen LogP contribution in [-0.2, 0) is 11.3 Å². The summed E-state index contributed by atoms with van der Waals surface area (Å²) in [4.78, 5) is 24.2. The Morgan fingerprint density at radius 1 is 1.43 bits per heavy atom. The molecule has 1 saturated heterocycles. The van der Waals surface area contributed by atoms with Gasteiger partial charge in [0.2, 0.25) is 0 Å². The number of hydrogen-bond acceptors (Lipinski definition) is 7. The summed E-state index contributed by atoms with van der Waals surface area (Å²) < 4.78 is 7.47. The normalized spacial score (nSPS) is 19.4. The van der Waals surface area contributed by atoms with Crippen molar-refractivity contribution in [3.05, 3.63) is 49.8 Å². The smallest absolute Gasteiger partial charge is 0.259 e. The SMILES string of the molecule is Cc1csc2nc(CN3CCO[C@H](c4nccs4)C3)cc(=O)n12. The Balaban J connectivity index is 1.54. The van der Waals surface area contributed by atoms with E-state index in [1.165, 1.54) is 11.3 Å². The Bertz CT molecular complexity index is 871. The Morgan fingerprint density at radius 2 is 2.35 bits per heavy atom. The number of hydrogen-bond donors (Lipinski definition) is 0. The molecule has 1 atom stereocenters. The quantitative estimate of drug-likeness (QED) is 0.725. The molecule has 6 nitrogen and oxygen atoms in total. The van der Waals surface area contributed by atoms with Gasteiger partial charge in [-0.1, -0.05) is 0 Å². The van der Waals surface area contributed by atoms with Crippen molar-refractivity contribution in [1.82, 2.24) is 19.3 Å². The molecule has 0 bridgehead atoms. The van der Waals surface area contributed by atoms with Crippen LogP contribution < -0.4 is 5.56 Å². The summed E-state index contributed by atoms with van der Waals surface area (Å²) in [5, 5.41) is 4.93. The Kier molecular flexibility index (Phi) is 3.98. The van der Waals surface area contributed by atoms with Gasteiger partial charge in [-0.3, -0.25) is 14.1 Å². The summed E-state index contributed by atoms with van der Waals surface area (Å²) in [7, 11) is 0. The van der Waals surface area contributed by atoms with E-state index in [2.05, 4.69) is 14.9 Å². The minimum atomic E-state index is -0.00603. The zero-order valence-corrected chi connectivity index (χ0v) is 14.3. The Labute approximate surface area is 141 Å². The van der Waals surface area contributed by atoms with Crippen LogP contribution in [-0.4, -0.2) is 39.0 Å². The molecule has 0 spiro atoms. The lowest BCUT2D eigenvalue weighted by Crippen LogP contribution is -2.38. The van der Waals surface area contributed by atoms with Crippen LogP contribution >= 0.6 is 22.7 Å². The van der Waals surface area contributed by atoms with Gasteiger partial charge in [0.1, 0.15) is 11.1 Å². The van der Waals surface area contributed by atoms with Crippen molar-refractivity contribution in [2.24, 2.45) is 0 Å². The second kappa shape index (κ2) is 6.12. The van der Waals surface area contributed by atoms with E-state index in [4.69, 9.17) is 4.74 Å². The van der Waals surface area contributed by atoms with Crippen molar-refractivity contribution in [1.29, 1.82) is 0 Å². The molecule has 4 heterocycles. The van der Waals surface area contributed by atoms with Crippen molar-refractivity contribution in [3.63, 3.8) is 0 Å². The highest BCUT2D eigenvalue weighted by Gasteiger charge is 2.24. The first kappa shape index (κ1) is 14.9. The van der Waals surface area contributed by atoms with E-state index in [0.29, 0.717) is 13.2 Å². The maximum Gasteiger partial charge on any atom is 0.259 e. The molecule has 0 saturated carbocycles. The third-order valence-electron chi connectivity index (χ3n) is 3.89. The van der Waals surface area contributed by atoms with Crippen LogP contribution in [0.3, 0.4) is 0 Å². The number of morpholine rings is 1. The number of aryl methyl sites for hydroxylation is 1. The molecule has 0 aromatic carbocycles. The predicted octanol–water partition coefficient (Wildman–Crippen LogP) is 2.09. The van der Waals surface area contributed by atoms with Crippen molar-refractivity contribution in [2.45, 2.75) is 19.6 Å². The Morgan fingerprint density at radius 3 is 3.17 bits per heavy atom. The van der Waals surface area contributed by atoms with Crippen molar-refractivity contribution in [2.75, 3.05) is 19.7 Å². The number of aromatic nitrogens is 3. The number of ether oxygens (including phenoxy) is 1. The monoisotopic (exact) mass is 348 g/mol. The lowest BCUT2D eigenvalue weighted by molar-refractivity contribution is -0.0333. The average molecular weight is 348 g/mol. The van der Waals surface area contributed by atoms with Crippen LogP contribution in [0, 0.1) is 6.92 Å². The number of nitrogens with zero attached hydrogens (tertiary/aromatic N) is 4. The van der Waals surface area contributed by atoms with Gasteiger partial charge < -0.3 is 4.74 Å². The van der Waals surface area contributed by atoms with Gasteiger partial charge >= 0.3 is 0 Å². The topological polar surface area (TPSA) is 59.7 Å². The molecule has 0 amide bonds. The molecule has 4 rings (SSSR count). The van der Waals surface area contributed by atoms with Gasteiger partial charge in [0.05, 0.1) is 12.3 Å². The van der Waals surface area contributed by atoms with Gasteiger partial charge in [-0.05, 0) is 6.92 Å². The van der Waals surface area contributed by atoms with Crippen LogP contribution in [0.2, 0.25) is 0 Å². The number of fused-ring (bicyclic) bond motifs is 1. The third kappa shape index (κ3) is 2.94. The summed E-state index contributed by atoms with van der Waals surface area (Å²) in [6, 6.07) is 1.64. The van der Waals surface area contributed by atoms with Gasteiger partial charge in [-0.15, -0.1) is 22.7 Å². The highest BCUT2D eigenvalue weighted by Crippen LogP contribution is 2.24. The molecule has 0 aliphatic carbocycles. The fraction of sp³-hybridized carbons (Fsp3) is 0.400. The highest BCUT2D eigenvalue weighted by atomic mass is 32.1. The molecule has 3 aromatic heterocycles. The third-order valence-corrected chi connectivity index (χ3v) is 5.70. The average Bonchev–Trinajstić information content (AvgIpc) is 3.18. The Hall–Kier alpha value is -1.61. The zero-order chi connectivity index (χ0) is 15.8. The minimum absolute atomic E-state index is 0.00603. The summed E-state index contributed by atoms with van der Waals surface area (Å²) in [5.74, 6) is 0. The lowest BCUT2D eigenvalue weighted by atomic mass is 10.2. The van der Waals surface area contributed by atoms with E-state index in [1.54, 1.807) is 28.0 Å². The standard InChI is InChI=1S/C15H16N4O2S2/c1-10-9-23-15-17-11(6-13(20)19(10)15)7-18-3-4-21-12(8-18)14-16-2-5-22-14/h2,5-6,9,12H,3-4,7-8H2,1H3/t12-/m0/s1. The van der Waals surface area contributed by atoms with Gasteiger partial charge in [0.15, 0.2) is 4.96 Å². The lowest BCUT2D eigenvalue weighted by Gasteiger charge is -2.31. The molecule has 1 aliphatic heterocycles. The molecule has 8 heteroatoms. The second-order valence-corrected chi connectivity index (χ2v) is 7.31. The van der Waals surface area contributed by atoms with E-state index in [1.807, 2.05) is 17.7 Å². The van der Waals surface area contributed by atoms with E-state index in [9.17, 15) is 4.79 Å². The molecular weight excluding hydrogens is 332 g/mol. The van der Waals surface area contributed by atoms with Crippen LogP contribution in [0.15, 0.2) is 27.8 Å². The van der Waals surface area contributed by atoms with Crippen LogP contribution in [0.25, 0.3) is 4.96 Å². The number of thiazole rings is 2. The van der Waals surface area contributed by atoms with Crippen LogP contribution in [0.5, 0.6) is 0 Å². The van der Waals surface area contributed by atoms with E-state index < -0.39 is 0 Å².